The summed E-state index contributed by atoms with van der Waals surface area (Å²) in [5.41, 5.74) is 12.8. The highest BCUT2D eigenvalue weighted by atomic mass is 16.1. The largest absolute Gasteiger partial charge is 0.369 e. The van der Waals surface area contributed by atoms with E-state index in [0.29, 0.717) is 12.2 Å². The third-order valence-electron chi connectivity index (χ3n) is 2.93. The van der Waals surface area contributed by atoms with Crippen LogP contribution in [-0.2, 0) is 4.79 Å². The maximum absolute atomic E-state index is 11.5. The molecular weight excluding hydrogens is 230 g/mol. The average Bonchev–Trinajstić information content (AvgIpc) is 2.69. The van der Waals surface area contributed by atoms with Gasteiger partial charge < -0.3 is 11.5 Å². The van der Waals surface area contributed by atoms with E-state index in [-0.39, 0.29) is 5.95 Å². The smallest absolute Gasteiger partial charge is 0.240 e. The Kier molecular flexibility index (Phi) is 3.01. The van der Waals surface area contributed by atoms with Crippen molar-refractivity contribution >= 4 is 18.1 Å². The molecule has 1 amide bonds. The summed E-state index contributed by atoms with van der Waals surface area (Å²) in [5, 5.41) is 4.02. The Balaban J connectivity index is 2.53. The molecule has 0 fully saturated rings. The van der Waals surface area contributed by atoms with Crippen molar-refractivity contribution in [2.45, 2.75) is 19.3 Å². The SMILES string of the molecule is C=C/C(=C\C)C1=Cn2nc(N)nc2C(C(N)=O)C1. The highest BCUT2D eigenvalue weighted by Crippen LogP contribution is 2.32. The lowest BCUT2D eigenvalue weighted by molar-refractivity contribution is -0.119. The number of rotatable bonds is 3. The molecule has 4 N–H and O–H groups in total. The zero-order valence-corrected chi connectivity index (χ0v) is 10.1. The van der Waals surface area contributed by atoms with Gasteiger partial charge in [-0.25, -0.2) is 4.68 Å². The van der Waals surface area contributed by atoms with Crippen molar-refractivity contribution in [3.63, 3.8) is 0 Å². The number of carbonyl (C=O) groups excluding carboxylic acids is 1. The van der Waals surface area contributed by atoms with Gasteiger partial charge in [0.2, 0.25) is 11.9 Å². The van der Waals surface area contributed by atoms with E-state index >= 15 is 0 Å². The summed E-state index contributed by atoms with van der Waals surface area (Å²) in [7, 11) is 0. The number of allylic oxidation sites excluding steroid dienone is 4. The van der Waals surface area contributed by atoms with Gasteiger partial charge in [0.05, 0.1) is 0 Å². The van der Waals surface area contributed by atoms with Crippen LogP contribution in [-0.4, -0.2) is 20.7 Å². The van der Waals surface area contributed by atoms with Crippen LogP contribution in [0.4, 0.5) is 5.95 Å². The van der Waals surface area contributed by atoms with Gasteiger partial charge in [0, 0.05) is 6.20 Å². The highest BCUT2D eigenvalue weighted by molar-refractivity contribution is 5.82. The number of carbonyl (C=O) groups is 1. The number of nitrogens with two attached hydrogens (primary N) is 2. The van der Waals surface area contributed by atoms with E-state index in [4.69, 9.17) is 11.5 Å². The lowest BCUT2D eigenvalue weighted by Gasteiger charge is -2.20. The van der Waals surface area contributed by atoms with Gasteiger partial charge in [-0.2, -0.15) is 4.98 Å². The van der Waals surface area contributed by atoms with E-state index in [1.54, 1.807) is 12.3 Å². The number of hydrogen-bond donors (Lipinski definition) is 2. The number of nitrogens with zero attached hydrogens (tertiary/aromatic N) is 3. The molecule has 1 unspecified atom stereocenters. The highest BCUT2D eigenvalue weighted by Gasteiger charge is 2.29. The Morgan fingerprint density at radius 2 is 2.39 bits per heavy atom. The zero-order valence-electron chi connectivity index (χ0n) is 10.1. The standard InChI is InChI=1S/C12H15N5O/c1-3-7(4-2)8-5-9(10(13)18)11-15-12(14)16-17(11)6-8/h3-4,6,9H,1,5H2,2H3,(H2,13,18)(H2,14,16)/b7-4+. The van der Waals surface area contributed by atoms with Crippen molar-refractivity contribution < 1.29 is 4.79 Å². The Bertz CT molecular complexity index is 567. The molecule has 0 bridgehead atoms. The first-order valence-corrected chi connectivity index (χ1v) is 5.57. The van der Waals surface area contributed by atoms with Gasteiger partial charge in [-0.3, -0.25) is 4.79 Å². The maximum atomic E-state index is 11.5. The predicted octanol–water partition coefficient (Wildman–Crippen LogP) is 0.806. The fourth-order valence-electron chi connectivity index (χ4n) is 2.05. The van der Waals surface area contributed by atoms with E-state index in [9.17, 15) is 4.79 Å². The van der Waals surface area contributed by atoms with Crippen LogP contribution in [0.2, 0.25) is 0 Å². The van der Waals surface area contributed by atoms with Gasteiger partial charge in [0.1, 0.15) is 11.7 Å². The molecular formula is C12H15N5O. The molecule has 0 saturated carbocycles. The summed E-state index contributed by atoms with van der Waals surface area (Å²) in [6, 6.07) is 0. The van der Waals surface area contributed by atoms with Crippen LogP contribution in [0.5, 0.6) is 0 Å². The molecule has 0 aliphatic carbocycles. The van der Waals surface area contributed by atoms with E-state index in [1.807, 2.05) is 13.0 Å². The number of nitrogen functional groups attached to an aromatic ring is 1. The average molecular weight is 245 g/mol. The van der Waals surface area contributed by atoms with Crippen LogP contribution in [0.3, 0.4) is 0 Å². The van der Waals surface area contributed by atoms with E-state index in [0.717, 1.165) is 11.1 Å². The Morgan fingerprint density at radius 1 is 1.67 bits per heavy atom. The molecule has 0 radical (unpaired) electrons. The van der Waals surface area contributed by atoms with Crippen LogP contribution in [0.25, 0.3) is 6.20 Å². The third-order valence-corrected chi connectivity index (χ3v) is 2.93. The first-order valence-electron chi connectivity index (χ1n) is 5.57. The summed E-state index contributed by atoms with van der Waals surface area (Å²) < 4.78 is 1.51. The van der Waals surface area contributed by atoms with Gasteiger partial charge in [0.15, 0.2) is 0 Å². The molecule has 0 aromatic carbocycles. The summed E-state index contributed by atoms with van der Waals surface area (Å²) in [6.07, 6.45) is 5.94. The topological polar surface area (TPSA) is 99.8 Å². The normalized spacial score (nSPS) is 19.1. The summed E-state index contributed by atoms with van der Waals surface area (Å²) in [6.45, 7) is 5.65. The molecule has 2 rings (SSSR count). The van der Waals surface area contributed by atoms with Gasteiger partial charge in [0.25, 0.3) is 0 Å². The molecule has 1 atom stereocenters. The lowest BCUT2D eigenvalue weighted by atomic mass is 9.91. The molecule has 1 aromatic heterocycles. The molecule has 2 heterocycles. The van der Waals surface area contributed by atoms with Crippen molar-refractivity contribution in [3.05, 3.63) is 35.7 Å². The van der Waals surface area contributed by atoms with Crippen molar-refractivity contribution in [1.29, 1.82) is 0 Å². The second-order valence-electron chi connectivity index (χ2n) is 4.03. The van der Waals surface area contributed by atoms with Crippen molar-refractivity contribution in [3.8, 4) is 0 Å². The van der Waals surface area contributed by atoms with Crippen molar-refractivity contribution in [2.75, 3.05) is 5.73 Å². The lowest BCUT2D eigenvalue weighted by Crippen LogP contribution is -2.27. The number of hydrogen-bond acceptors (Lipinski definition) is 4. The molecule has 6 nitrogen and oxygen atoms in total. The molecule has 94 valence electrons. The molecule has 18 heavy (non-hydrogen) atoms. The number of fused-ring (bicyclic) bond motifs is 1. The molecule has 0 saturated heterocycles. The fourth-order valence-corrected chi connectivity index (χ4v) is 2.05. The Morgan fingerprint density at radius 3 is 2.94 bits per heavy atom. The van der Waals surface area contributed by atoms with E-state index in [1.165, 1.54) is 4.68 Å². The summed E-state index contributed by atoms with van der Waals surface area (Å²) >= 11 is 0. The van der Waals surface area contributed by atoms with Gasteiger partial charge in [-0.15, -0.1) is 5.10 Å². The molecule has 6 heteroatoms. The van der Waals surface area contributed by atoms with E-state index < -0.39 is 11.8 Å². The molecule has 0 spiro atoms. The number of anilines is 1. The van der Waals surface area contributed by atoms with Gasteiger partial charge in [-0.1, -0.05) is 18.7 Å². The predicted molar refractivity (Wildman–Crippen MR) is 69.2 cm³/mol. The van der Waals surface area contributed by atoms with Crippen molar-refractivity contribution in [2.24, 2.45) is 5.73 Å². The minimum Gasteiger partial charge on any atom is -0.369 e. The van der Waals surface area contributed by atoms with E-state index in [2.05, 4.69) is 16.7 Å². The molecule has 1 aliphatic heterocycles. The summed E-state index contributed by atoms with van der Waals surface area (Å²) in [4.78, 5) is 15.5. The van der Waals surface area contributed by atoms with Crippen LogP contribution in [0, 0.1) is 0 Å². The van der Waals surface area contributed by atoms with Gasteiger partial charge in [-0.05, 0) is 24.5 Å². The quantitative estimate of drug-likeness (QED) is 0.769. The Labute approximate surface area is 105 Å². The van der Waals surface area contributed by atoms with Crippen LogP contribution >= 0.6 is 0 Å². The number of amides is 1. The maximum Gasteiger partial charge on any atom is 0.240 e. The van der Waals surface area contributed by atoms with Crippen LogP contribution < -0.4 is 11.5 Å². The minimum absolute atomic E-state index is 0.134. The Hall–Kier alpha value is -2.37. The summed E-state index contributed by atoms with van der Waals surface area (Å²) in [5.74, 6) is -0.323. The van der Waals surface area contributed by atoms with Crippen molar-refractivity contribution in [1.82, 2.24) is 14.8 Å². The second-order valence-corrected chi connectivity index (χ2v) is 4.03. The second kappa shape index (κ2) is 4.48. The first-order chi connectivity index (χ1) is 8.56. The fraction of sp³-hybridized carbons (Fsp3) is 0.250. The number of primary amides is 1. The zero-order chi connectivity index (χ0) is 13.3. The number of aromatic nitrogens is 3. The first kappa shape index (κ1) is 12.1. The monoisotopic (exact) mass is 245 g/mol. The third kappa shape index (κ3) is 1.92. The molecule has 1 aliphatic rings. The van der Waals surface area contributed by atoms with Crippen LogP contribution in [0.15, 0.2) is 29.9 Å². The minimum atomic E-state index is -0.510. The van der Waals surface area contributed by atoms with Crippen LogP contribution in [0.1, 0.15) is 25.1 Å². The van der Waals surface area contributed by atoms with Gasteiger partial charge >= 0.3 is 0 Å². The molecule has 1 aromatic rings.